The van der Waals surface area contributed by atoms with Gasteiger partial charge in [-0.05, 0) is 18.2 Å². The van der Waals surface area contributed by atoms with Crippen LogP contribution < -0.4 is 11.1 Å². The van der Waals surface area contributed by atoms with Crippen LogP contribution in [-0.2, 0) is 10.0 Å². The molecule has 1 aromatic rings. The highest BCUT2D eigenvalue weighted by molar-refractivity contribution is 9.10. The van der Waals surface area contributed by atoms with Crippen molar-refractivity contribution in [1.29, 1.82) is 0 Å². The topological polar surface area (TPSA) is 75.4 Å². The van der Waals surface area contributed by atoms with Crippen LogP contribution in [0, 0.1) is 0 Å². The van der Waals surface area contributed by atoms with E-state index < -0.39 is 10.0 Å². The molecule has 19 heavy (non-hydrogen) atoms. The first-order valence-corrected chi connectivity index (χ1v) is 8.28. The highest BCUT2D eigenvalue weighted by Gasteiger charge is 2.13. The average Bonchev–Trinajstić information content (AvgIpc) is 2.28. The van der Waals surface area contributed by atoms with E-state index in [9.17, 15) is 8.42 Å². The minimum Gasteiger partial charge on any atom is -0.389 e. The lowest BCUT2D eigenvalue weighted by Gasteiger charge is -2.14. The van der Waals surface area contributed by atoms with Crippen LogP contribution >= 0.6 is 28.1 Å². The van der Waals surface area contributed by atoms with Gasteiger partial charge in [-0.3, -0.25) is 0 Å². The van der Waals surface area contributed by atoms with E-state index in [0.29, 0.717) is 5.56 Å². The van der Waals surface area contributed by atoms with E-state index in [1.54, 1.807) is 6.07 Å². The fraction of sp³-hybridized carbons (Fsp3) is 0.364. The van der Waals surface area contributed by atoms with Gasteiger partial charge in [-0.15, -0.1) is 0 Å². The highest BCUT2D eigenvalue weighted by Crippen LogP contribution is 2.21. The van der Waals surface area contributed by atoms with Crippen molar-refractivity contribution in [2.75, 3.05) is 31.7 Å². The molecule has 0 aliphatic rings. The van der Waals surface area contributed by atoms with Crippen LogP contribution in [0.3, 0.4) is 0 Å². The van der Waals surface area contributed by atoms with Gasteiger partial charge >= 0.3 is 0 Å². The Morgan fingerprint density at radius 3 is 2.63 bits per heavy atom. The Kier molecular flexibility index (Phi) is 5.72. The number of nitrogens with zero attached hydrogens (tertiary/aromatic N) is 1. The van der Waals surface area contributed by atoms with Gasteiger partial charge in [-0.2, -0.15) is 0 Å². The monoisotopic (exact) mass is 365 g/mol. The summed E-state index contributed by atoms with van der Waals surface area (Å²) in [6, 6.07) is 5.43. The zero-order valence-corrected chi connectivity index (χ0v) is 13.9. The molecule has 0 saturated carbocycles. The average molecular weight is 366 g/mol. The van der Waals surface area contributed by atoms with Crippen molar-refractivity contribution in [2.24, 2.45) is 5.73 Å². The Balaban J connectivity index is 2.78. The molecule has 0 aromatic heterocycles. The SMILES string of the molecule is CN(C)S(=O)(=O)CCNc1cc(Br)ccc1C(N)=S. The summed E-state index contributed by atoms with van der Waals surface area (Å²) >= 11 is 8.30. The van der Waals surface area contributed by atoms with Crippen molar-refractivity contribution < 1.29 is 8.42 Å². The van der Waals surface area contributed by atoms with Crippen LogP contribution in [0.4, 0.5) is 5.69 Å². The van der Waals surface area contributed by atoms with E-state index in [1.807, 2.05) is 12.1 Å². The van der Waals surface area contributed by atoms with Gasteiger partial charge in [0.2, 0.25) is 10.0 Å². The maximum Gasteiger partial charge on any atom is 0.215 e. The molecule has 0 bridgehead atoms. The number of nitrogens with one attached hydrogen (secondary N) is 1. The van der Waals surface area contributed by atoms with Crippen LogP contribution in [0.2, 0.25) is 0 Å². The Bertz CT molecular complexity index is 573. The number of rotatable bonds is 6. The molecule has 8 heteroatoms. The van der Waals surface area contributed by atoms with Gasteiger partial charge in [-0.1, -0.05) is 28.1 Å². The van der Waals surface area contributed by atoms with Crippen LogP contribution in [0.1, 0.15) is 5.56 Å². The van der Waals surface area contributed by atoms with Crippen LogP contribution in [-0.4, -0.2) is 44.1 Å². The van der Waals surface area contributed by atoms with Gasteiger partial charge in [0.1, 0.15) is 4.99 Å². The van der Waals surface area contributed by atoms with Gasteiger partial charge in [-0.25, -0.2) is 12.7 Å². The van der Waals surface area contributed by atoms with Gasteiger partial charge < -0.3 is 11.1 Å². The number of halogens is 1. The Morgan fingerprint density at radius 1 is 1.47 bits per heavy atom. The molecule has 3 N–H and O–H groups in total. The molecular weight excluding hydrogens is 350 g/mol. The minimum absolute atomic E-state index is 0.00326. The number of benzene rings is 1. The Hall–Kier alpha value is -0.700. The van der Waals surface area contributed by atoms with E-state index in [2.05, 4.69) is 21.2 Å². The first kappa shape index (κ1) is 16.4. The van der Waals surface area contributed by atoms with Crippen LogP contribution in [0.15, 0.2) is 22.7 Å². The van der Waals surface area contributed by atoms with Crippen molar-refractivity contribution in [1.82, 2.24) is 4.31 Å². The predicted molar refractivity (Wildman–Crippen MR) is 86.0 cm³/mol. The molecule has 0 unspecified atom stereocenters. The summed E-state index contributed by atoms with van der Waals surface area (Å²) in [5.41, 5.74) is 7.03. The summed E-state index contributed by atoms with van der Waals surface area (Å²) in [6.07, 6.45) is 0. The smallest absolute Gasteiger partial charge is 0.215 e. The fourth-order valence-corrected chi connectivity index (χ4v) is 2.64. The van der Waals surface area contributed by atoms with Crippen molar-refractivity contribution >= 4 is 48.8 Å². The molecule has 1 rings (SSSR count). The molecule has 0 amide bonds. The molecule has 0 spiro atoms. The zero-order chi connectivity index (χ0) is 14.6. The Labute approximate surface area is 127 Å². The van der Waals surface area contributed by atoms with E-state index in [0.717, 1.165) is 10.2 Å². The van der Waals surface area contributed by atoms with E-state index in [1.165, 1.54) is 18.4 Å². The van der Waals surface area contributed by atoms with E-state index in [-0.39, 0.29) is 17.3 Å². The third-order valence-electron chi connectivity index (χ3n) is 2.48. The molecule has 0 fully saturated rings. The summed E-state index contributed by atoms with van der Waals surface area (Å²) in [7, 11) is -0.199. The minimum atomic E-state index is -3.22. The first-order chi connectivity index (χ1) is 8.74. The molecule has 0 aliphatic carbocycles. The third kappa shape index (κ3) is 4.72. The van der Waals surface area contributed by atoms with E-state index in [4.69, 9.17) is 18.0 Å². The second kappa shape index (κ2) is 6.65. The second-order valence-electron chi connectivity index (χ2n) is 4.08. The molecule has 106 valence electrons. The van der Waals surface area contributed by atoms with Gasteiger partial charge in [0.15, 0.2) is 0 Å². The van der Waals surface area contributed by atoms with Crippen LogP contribution in [0.25, 0.3) is 0 Å². The molecular formula is C11H16BrN3O2S2. The third-order valence-corrected chi connectivity index (χ3v) is 5.02. The number of nitrogens with two attached hydrogens (primary N) is 1. The Morgan fingerprint density at radius 2 is 2.11 bits per heavy atom. The normalized spacial score (nSPS) is 11.6. The van der Waals surface area contributed by atoms with Crippen molar-refractivity contribution in [2.45, 2.75) is 0 Å². The fourth-order valence-electron chi connectivity index (χ4n) is 1.37. The van der Waals surface area contributed by atoms with Crippen LogP contribution in [0.5, 0.6) is 0 Å². The number of anilines is 1. The summed E-state index contributed by atoms with van der Waals surface area (Å²) in [5, 5.41) is 3.04. The molecule has 0 atom stereocenters. The highest BCUT2D eigenvalue weighted by atomic mass is 79.9. The maximum atomic E-state index is 11.6. The van der Waals surface area contributed by atoms with Crippen molar-refractivity contribution in [3.8, 4) is 0 Å². The molecule has 5 nitrogen and oxygen atoms in total. The second-order valence-corrected chi connectivity index (χ2v) is 7.74. The number of thiocarbonyl (C=S) groups is 1. The largest absolute Gasteiger partial charge is 0.389 e. The van der Waals surface area contributed by atoms with Crippen molar-refractivity contribution in [3.05, 3.63) is 28.2 Å². The maximum absolute atomic E-state index is 11.6. The number of hydrogen-bond acceptors (Lipinski definition) is 4. The molecule has 0 heterocycles. The summed E-state index contributed by atoms with van der Waals surface area (Å²) in [4.78, 5) is 0.269. The lowest BCUT2D eigenvalue weighted by molar-refractivity contribution is 0.521. The first-order valence-electron chi connectivity index (χ1n) is 5.47. The summed E-state index contributed by atoms with van der Waals surface area (Å²) in [5.74, 6) is 0.00326. The molecule has 0 radical (unpaired) electrons. The number of sulfonamides is 1. The van der Waals surface area contributed by atoms with Gasteiger partial charge in [0.05, 0.1) is 5.75 Å². The quantitative estimate of drug-likeness (QED) is 0.745. The molecule has 0 aliphatic heterocycles. The lowest BCUT2D eigenvalue weighted by Crippen LogP contribution is -2.28. The van der Waals surface area contributed by atoms with E-state index >= 15 is 0 Å². The lowest BCUT2D eigenvalue weighted by atomic mass is 10.2. The zero-order valence-electron chi connectivity index (χ0n) is 10.7. The predicted octanol–water partition coefficient (Wildman–Crippen LogP) is 1.39. The van der Waals surface area contributed by atoms with Gasteiger partial charge in [0, 0.05) is 36.4 Å². The summed E-state index contributed by atoms with van der Waals surface area (Å²) < 4.78 is 25.3. The molecule has 0 saturated heterocycles. The molecule has 1 aromatic carbocycles. The summed E-state index contributed by atoms with van der Waals surface area (Å²) in [6.45, 7) is 0.284. The standard InChI is InChI=1S/C11H16BrN3O2S2/c1-15(2)19(16,17)6-5-14-10-7-8(12)3-4-9(10)11(13)18/h3-4,7,14H,5-6H2,1-2H3,(H2,13,18). The number of hydrogen-bond donors (Lipinski definition) is 2. The van der Waals surface area contributed by atoms with Gasteiger partial charge in [0.25, 0.3) is 0 Å². The van der Waals surface area contributed by atoms with Crippen molar-refractivity contribution in [3.63, 3.8) is 0 Å².